The number of amides is 1. The predicted molar refractivity (Wildman–Crippen MR) is 122 cm³/mol. The number of aromatic nitrogens is 5. The zero-order valence-corrected chi connectivity index (χ0v) is 18.2. The summed E-state index contributed by atoms with van der Waals surface area (Å²) in [6.45, 7) is 0.386. The van der Waals surface area contributed by atoms with E-state index in [-0.39, 0.29) is 5.91 Å². The van der Waals surface area contributed by atoms with Gasteiger partial charge in [-0.15, -0.1) is 11.3 Å². The molecule has 5 rings (SSSR count). The molecule has 0 aliphatic heterocycles. The van der Waals surface area contributed by atoms with Crippen LogP contribution in [0.25, 0.3) is 16.2 Å². The van der Waals surface area contributed by atoms with Crippen molar-refractivity contribution in [2.45, 2.75) is 6.54 Å². The normalized spacial score (nSPS) is 11.2. The number of nitrogens with one attached hydrogen (secondary N) is 1. The molecule has 0 saturated heterocycles. The van der Waals surface area contributed by atoms with Crippen molar-refractivity contribution in [2.24, 2.45) is 0 Å². The first-order valence-corrected chi connectivity index (χ1v) is 10.9. The van der Waals surface area contributed by atoms with Gasteiger partial charge in [0, 0.05) is 28.0 Å². The summed E-state index contributed by atoms with van der Waals surface area (Å²) in [5.41, 5.74) is 3.05. The third-order valence-electron chi connectivity index (χ3n) is 4.69. The van der Waals surface area contributed by atoms with E-state index in [9.17, 15) is 4.79 Å². The second-order valence-corrected chi connectivity index (χ2v) is 8.44. The predicted octanol–water partition coefficient (Wildman–Crippen LogP) is 5.26. The van der Waals surface area contributed by atoms with E-state index in [4.69, 9.17) is 23.2 Å². The monoisotopic (exact) mass is 468 g/mol. The first-order chi connectivity index (χ1) is 15.1. The Hall–Kier alpha value is -3.20. The molecular weight excluding hydrogens is 455 g/mol. The van der Waals surface area contributed by atoms with Crippen LogP contribution in [0.2, 0.25) is 10.0 Å². The summed E-state index contributed by atoms with van der Waals surface area (Å²) in [5, 5.41) is 14.6. The fraction of sp³-hybridized carbons (Fsp3) is 0.0476. The molecule has 4 aromatic heterocycles. The lowest BCUT2D eigenvalue weighted by atomic mass is 10.2. The van der Waals surface area contributed by atoms with Crippen molar-refractivity contribution < 1.29 is 4.79 Å². The second kappa shape index (κ2) is 8.14. The molecule has 0 aliphatic rings. The molecule has 154 valence electrons. The number of thiophene rings is 1. The number of carbonyl (C=O) groups excluding carboxylic acids is 1. The smallest absolute Gasteiger partial charge is 0.261 e. The topological polar surface area (TPSA) is 77.1 Å². The Balaban J connectivity index is 1.38. The average Bonchev–Trinajstić information content (AvgIpc) is 3.51. The molecule has 0 radical (unpaired) electrons. The van der Waals surface area contributed by atoms with Crippen molar-refractivity contribution in [3.8, 4) is 10.6 Å². The van der Waals surface area contributed by atoms with Crippen LogP contribution in [0.3, 0.4) is 0 Å². The molecule has 0 aliphatic carbocycles. The number of carbonyl (C=O) groups is 1. The van der Waals surface area contributed by atoms with Crippen molar-refractivity contribution in [3.05, 3.63) is 87.7 Å². The van der Waals surface area contributed by atoms with Crippen molar-refractivity contribution in [3.63, 3.8) is 0 Å². The number of fused-ring (bicyclic) bond motifs is 1. The van der Waals surface area contributed by atoms with Gasteiger partial charge in [0.05, 0.1) is 35.2 Å². The SMILES string of the molecule is O=C(Nc1cnn(Cc2c(Cl)cccc2Cl)c1)c1cnn2c(-c3cccs3)ccnc12. The van der Waals surface area contributed by atoms with Crippen LogP contribution in [-0.2, 0) is 6.54 Å². The van der Waals surface area contributed by atoms with Crippen molar-refractivity contribution in [1.82, 2.24) is 24.4 Å². The van der Waals surface area contributed by atoms with Crippen molar-refractivity contribution in [1.29, 1.82) is 0 Å². The highest BCUT2D eigenvalue weighted by Crippen LogP contribution is 2.26. The highest BCUT2D eigenvalue weighted by molar-refractivity contribution is 7.13. The van der Waals surface area contributed by atoms with Gasteiger partial charge in [0.1, 0.15) is 5.56 Å². The Morgan fingerprint density at radius 2 is 1.90 bits per heavy atom. The van der Waals surface area contributed by atoms with E-state index in [1.807, 2.05) is 23.6 Å². The van der Waals surface area contributed by atoms with Crippen molar-refractivity contribution in [2.75, 3.05) is 5.32 Å². The van der Waals surface area contributed by atoms with E-state index < -0.39 is 0 Å². The van der Waals surface area contributed by atoms with Crippen LogP contribution in [0.5, 0.6) is 0 Å². The number of hydrogen-bond acceptors (Lipinski definition) is 5. The molecule has 1 amide bonds. The van der Waals surface area contributed by atoms with Gasteiger partial charge >= 0.3 is 0 Å². The minimum atomic E-state index is -0.318. The van der Waals surface area contributed by atoms with Crippen molar-refractivity contribution >= 4 is 51.8 Å². The summed E-state index contributed by atoms with van der Waals surface area (Å²) in [6.07, 6.45) is 6.48. The first-order valence-electron chi connectivity index (χ1n) is 9.23. The van der Waals surface area contributed by atoms with Gasteiger partial charge in [0.25, 0.3) is 5.91 Å². The lowest BCUT2D eigenvalue weighted by Gasteiger charge is -2.06. The van der Waals surface area contributed by atoms with Gasteiger partial charge in [-0.3, -0.25) is 9.48 Å². The maximum absolute atomic E-state index is 12.9. The largest absolute Gasteiger partial charge is 0.319 e. The molecule has 10 heteroatoms. The molecule has 4 heterocycles. The standard InChI is InChI=1S/C21H14Cl2N6OS/c22-16-3-1-4-17(23)15(16)12-28-11-13(9-25-28)27-21(30)14-10-26-29-18(6-7-24-20(14)29)19-5-2-8-31-19/h1-11H,12H2,(H,27,30). The molecule has 1 N–H and O–H groups in total. The number of benzene rings is 1. The van der Waals surface area contributed by atoms with E-state index >= 15 is 0 Å². The third-order valence-corrected chi connectivity index (χ3v) is 6.29. The van der Waals surface area contributed by atoms with Crippen LogP contribution in [0, 0.1) is 0 Å². The quantitative estimate of drug-likeness (QED) is 0.381. The Morgan fingerprint density at radius 3 is 2.68 bits per heavy atom. The van der Waals surface area contributed by atoms with Crippen LogP contribution < -0.4 is 5.32 Å². The van der Waals surface area contributed by atoms with Gasteiger partial charge in [-0.2, -0.15) is 10.2 Å². The third kappa shape index (κ3) is 3.81. The lowest BCUT2D eigenvalue weighted by Crippen LogP contribution is -2.11. The molecule has 0 bridgehead atoms. The van der Waals surface area contributed by atoms with Gasteiger partial charge in [-0.1, -0.05) is 35.3 Å². The Kier molecular flexibility index (Phi) is 5.19. The summed E-state index contributed by atoms with van der Waals surface area (Å²) in [6, 6.07) is 11.2. The molecule has 0 spiro atoms. The van der Waals surface area contributed by atoms with Crippen LogP contribution in [0.15, 0.2) is 66.6 Å². The second-order valence-electron chi connectivity index (χ2n) is 6.68. The molecule has 1 aromatic carbocycles. The molecule has 0 atom stereocenters. The molecule has 0 saturated carbocycles. The first kappa shape index (κ1) is 19.7. The van der Waals surface area contributed by atoms with E-state index in [1.54, 1.807) is 57.3 Å². The summed E-state index contributed by atoms with van der Waals surface area (Å²) in [5.74, 6) is -0.318. The Morgan fingerprint density at radius 1 is 1.06 bits per heavy atom. The number of rotatable bonds is 5. The maximum atomic E-state index is 12.9. The number of halogens is 2. The fourth-order valence-corrected chi connectivity index (χ4v) is 4.47. The van der Waals surface area contributed by atoms with E-state index in [2.05, 4.69) is 20.5 Å². The van der Waals surface area contributed by atoms with Gasteiger partial charge in [0.15, 0.2) is 5.65 Å². The van der Waals surface area contributed by atoms with Gasteiger partial charge in [0.2, 0.25) is 0 Å². The van der Waals surface area contributed by atoms with Crippen LogP contribution in [0.4, 0.5) is 5.69 Å². The lowest BCUT2D eigenvalue weighted by molar-refractivity contribution is 0.102. The summed E-state index contributed by atoms with van der Waals surface area (Å²) < 4.78 is 3.33. The van der Waals surface area contributed by atoms with Crippen LogP contribution in [0.1, 0.15) is 15.9 Å². The zero-order chi connectivity index (χ0) is 21.4. The molecule has 5 aromatic rings. The fourth-order valence-electron chi connectivity index (χ4n) is 3.22. The minimum absolute atomic E-state index is 0.318. The minimum Gasteiger partial charge on any atom is -0.319 e. The molecule has 0 unspecified atom stereocenters. The highest BCUT2D eigenvalue weighted by Gasteiger charge is 2.17. The molecule has 0 fully saturated rings. The molecule has 7 nitrogen and oxygen atoms in total. The van der Waals surface area contributed by atoms with E-state index in [0.717, 1.165) is 16.1 Å². The number of hydrogen-bond donors (Lipinski definition) is 1. The number of anilines is 1. The summed E-state index contributed by atoms with van der Waals surface area (Å²) in [7, 11) is 0. The Bertz CT molecular complexity index is 1370. The highest BCUT2D eigenvalue weighted by atomic mass is 35.5. The summed E-state index contributed by atoms with van der Waals surface area (Å²) >= 11 is 14.1. The summed E-state index contributed by atoms with van der Waals surface area (Å²) in [4.78, 5) is 18.3. The van der Waals surface area contributed by atoms with Crippen LogP contribution in [-0.4, -0.2) is 30.3 Å². The van der Waals surface area contributed by atoms with E-state index in [0.29, 0.717) is 33.5 Å². The molecular formula is C21H14Cl2N6OS. The van der Waals surface area contributed by atoms with Gasteiger partial charge < -0.3 is 5.32 Å². The molecule has 31 heavy (non-hydrogen) atoms. The maximum Gasteiger partial charge on any atom is 0.261 e. The Labute approximate surface area is 190 Å². The number of nitrogens with zero attached hydrogens (tertiary/aromatic N) is 5. The van der Waals surface area contributed by atoms with Gasteiger partial charge in [-0.25, -0.2) is 9.50 Å². The van der Waals surface area contributed by atoms with Gasteiger partial charge in [-0.05, 0) is 29.6 Å². The van der Waals surface area contributed by atoms with Crippen LogP contribution >= 0.6 is 34.5 Å². The zero-order valence-electron chi connectivity index (χ0n) is 15.9. The average molecular weight is 469 g/mol. The van der Waals surface area contributed by atoms with E-state index in [1.165, 1.54) is 6.20 Å².